The van der Waals surface area contributed by atoms with Crippen LogP contribution in [0.2, 0.25) is 0 Å². The summed E-state index contributed by atoms with van der Waals surface area (Å²) in [6.07, 6.45) is -0.0502. The van der Waals surface area contributed by atoms with Crippen LogP contribution in [-0.2, 0) is 14.3 Å². The van der Waals surface area contributed by atoms with Crippen molar-refractivity contribution in [2.75, 3.05) is 32.1 Å². The zero-order valence-corrected chi connectivity index (χ0v) is 11.1. The second-order valence-electron chi connectivity index (χ2n) is 4.70. The molecule has 0 radical (unpaired) electrons. The van der Waals surface area contributed by atoms with E-state index in [0.29, 0.717) is 32.1 Å². The summed E-state index contributed by atoms with van der Waals surface area (Å²) in [4.78, 5) is 12.0. The van der Waals surface area contributed by atoms with Crippen LogP contribution >= 0.6 is 0 Å². The largest absolute Gasteiger partial charge is 0.399 e. The van der Waals surface area contributed by atoms with Crippen LogP contribution in [-0.4, -0.2) is 38.4 Å². The van der Waals surface area contributed by atoms with Gasteiger partial charge in [-0.2, -0.15) is 0 Å². The molecule has 0 bridgehead atoms. The molecule has 0 spiro atoms. The van der Waals surface area contributed by atoms with Gasteiger partial charge in [-0.1, -0.05) is 12.1 Å². The molecule has 3 N–H and O–H groups in total. The Kier molecular flexibility index (Phi) is 4.76. The van der Waals surface area contributed by atoms with Gasteiger partial charge in [0.15, 0.2) is 0 Å². The fourth-order valence-electron chi connectivity index (χ4n) is 2.00. The third kappa shape index (κ3) is 3.94. The van der Waals surface area contributed by atoms with Gasteiger partial charge in [0.2, 0.25) is 5.91 Å². The van der Waals surface area contributed by atoms with Gasteiger partial charge in [0.25, 0.3) is 0 Å². The highest BCUT2D eigenvalue weighted by Crippen LogP contribution is 2.17. The van der Waals surface area contributed by atoms with E-state index in [1.165, 1.54) is 0 Å². The molecule has 104 valence electrons. The summed E-state index contributed by atoms with van der Waals surface area (Å²) in [6, 6.07) is 7.39. The molecule has 5 heteroatoms. The van der Waals surface area contributed by atoms with Gasteiger partial charge in [-0.15, -0.1) is 0 Å². The van der Waals surface area contributed by atoms with Crippen molar-refractivity contribution < 1.29 is 14.3 Å². The monoisotopic (exact) mass is 264 g/mol. The lowest BCUT2D eigenvalue weighted by Crippen LogP contribution is -2.40. The number of carbonyl (C=O) groups is 1. The SMILES string of the molecule is CC(C(=O)NCC1COCCO1)c1cccc(N)c1. The Bertz CT molecular complexity index is 430. The summed E-state index contributed by atoms with van der Waals surface area (Å²) in [5, 5.41) is 2.89. The highest BCUT2D eigenvalue weighted by Gasteiger charge is 2.19. The van der Waals surface area contributed by atoms with Gasteiger partial charge in [-0.05, 0) is 24.6 Å². The number of benzene rings is 1. The van der Waals surface area contributed by atoms with E-state index in [0.717, 1.165) is 5.56 Å². The van der Waals surface area contributed by atoms with E-state index in [9.17, 15) is 4.79 Å². The van der Waals surface area contributed by atoms with E-state index in [1.54, 1.807) is 6.07 Å². The number of amides is 1. The zero-order chi connectivity index (χ0) is 13.7. The minimum atomic E-state index is -0.229. The van der Waals surface area contributed by atoms with Crippen molar-refractivity contribution in [2.45, 2.75) is 18.9 Å². The molecule has 1 aliphatic heterocycles. The fourth-order valence-corrected chi connectivity index (χ4v) is 2.00. The molecule has 0 aliphatic carbocycles. The molecule has 1 fully saturated rings. The number of anilines is 1. The van der Waals surface area contributed by atoms with E-state index >= 15 is 0 Å². The topological polar surface area (TPSA) is 73.6 Å². The first-order chi connectivity index (χ1) is 9.16. The summed E-state index contributed by atoms with van der Waals surface area (Å²) < 4.78 is 10.8. The standard InChI is InChI=1S/C14H20N2O3/c1-10(11-3-2-4-12(15)7-11)14(17)16-8-13-9-18-5-6-19-13/h2-4,7,10,13H,5-6,8-9,15H2,1H3,(H,16,17). The molecule has 2 unspecified atom stereocenters. The quantitative estimate of drug-likeness (QED) is 0.793. The Morgan fingerprint density at radius 3 is 3.05 bits per heavy atom. The van der Waals surface area contributed by atoms with Gasteiger partial charge in [-0.3, -0.25) is 4.79 Å². The average molecular weight is 264 g/mol. The van der Waals surface area contributed by atoms with Gasteiger partial charge in [0.05, 0.1) is 31.8 Å². The molecule has 2 atom stereocenters. The van der Waals surface area contributed by atoms with E-state index in [2.05, 4.69) is 5.32 Å². The van der Waals surface area contributed by atoms with Gasteiger partial charge in [-0.25, -0.2) is 0 Å². The maximum atomic E-state index is 12.0. The van der Waals surface area contributed by atoms with Crippen molar-refractivity contribution in [3.8, 4) is 0 Å². The number of nitrogens with one attached hydrogen (secondary N) is 1. The van der Waals surface area contributed by atoms with Crippen molar-refractivity contribution in [2.24, 2.45) is 0 Å². The van der Waals surface area contributed by atoms with Crippen molar-refractivity contribution in [3.63, 3.8) is 0 Å². The predicted octanol–water partition coefficient (Wildman–Crippen LogP) is 0.904. The Morgan fingerprint density at radius 2 is 2.37 bits per heavy atom. The smallest absolute Gasteiger partial charge is 0.227 e. The van der Waals surface area contributed by atoms with Crippen LogP contribution in [0.4, 0.5) is 5.69 Å². The number of hydrogen-bond acceptors (Lipinski definition) is 4. The van der Waals surface area contributed by atoms with Crippen LogP contribution in [0.15, 0.2) is 24.3 Å². The molecule has 1 amide bonds. The van der Waals surface area contributed by atoms with Crippen LogP contribution < -0.4 is 11.1 Å². The van der Waals surface area contributed by atoms with Crippen LogP contribution in [0.3, 0.4) is 0 Å². The molecule has 1 heterocycles. The van der Waals surface area contributed by atoms with E-state index in [-0.39, 0.29) is 17.9 Å². The molecule has 2 rings (SSSR count). The van der Waals surface area contributed by atoms with Crippen LogP contribution in [0.5, 0.6) is 0 Å². The molecule has 1 saturated heterocycles. The van der Waals surface area contributed by atoms with Gasteiger partial charge in [0.1, 0.15) is 0 Å². The van der Waals surface area contributed by atoms with Crippen molar-refractivity contribution in [1.29, 1.82) is 0 Å². The van der Waals surface area contributed by atoms with Gasteiger partial charge >= 0.3 is 0 Å². The van der Waals surface area contributed by atoms with E-state index in [4.69, 9.17) is 15.2 Å². The summed E-state index contributed by atoms with van der Waals surface area (Å²) in [6.45, 7) is 4.09. The second-order valence-corrected chi connectivity index (χ2v) is 4.70. The minimum absolute atomic E-state index is 0.0280. The number of nitrogens with two attached hydrogens (primary N) is 1. The average Bonchev–Trinajstić information content (AvgIpc) is 2.45. The highest BCUT2D eigenvalue weighted by molar-refractivity contribution is 5.83. The summed E-state index contributed by atoms with van der Waals surface area (Å²) in [5.41, 5.74) is 7.30. The third-order valence-electron chi connectivity index (χ3n) is 3.19. The highest BCUT2D eigenvalue weighted by atomic mass is 16.6. The number of ether oxygens (including phenoxy) is 2. The van der Waals surface area contributed by atoms with Crippen LogP contribution in [0.25, 0.3) is 0 Å². The van der Waals surface area contributed by atoms with Crippen molar-refractivity contribution >= 4 is 11.6 Å². The lowest BCUT2D eigenvalue weighted by Gasteiger charge is -2.23. The Morgan fingerprint density at radius 1 is 1.53 bits per heavy atom. The molecule has 5 nitrogen and oxygen atoms in total. The lowest BCUT2D eigenvalue weighted by molar-refractivity contribution is -0.125. The molecule has 1 aromatic rings. The van der Waals surface area contributed by atoms with Crippen molar-refractivity contribution in [3.05, 3.63) is 29.8 Å². The summed E-state index contributed by atoms with van der Waals surface area (Å²) in [5.74, 6) is -0.257. The van der Waals surface area contributed by atoms with Crippen LogP contribution in [0, 0.1) is 0 Å². The maximum absolute atomic E-state index is 12.0. The summed E-state index contributed by atoms with van der Waals surface area (Å²) in [7, 11) is 0. The van der Waals surface area contributed by atoms with Gasteiger partial charge in [0, 0.05) is 12.2 Å². The Labute approximate surface area is 113 Å². The molecular formula is C14H20N2O3. The van der Waals surface area contributed by atoms with E-state index < -0.39 is 0 Å². The fraction of sp³-hybridized carbons (Fsp3) is 0.500. The Balaban J connectivity index is 1.85. The number of carbonyl (C=O) groups excluding carboxylic acids is 1. The first-order valence-corrected chi connectivity index (χ1v) is 6.49. The first-order valence-electron chi connectivity index (χ1n) is 6.49. The molecule has 0 aromatic heterocycles. The Hall–Kier alpha value is -1.59. The molecule has 1 aliphatic rings. The maximum Gasteiger partial charge on any atom is 0.227 e. The van der Waals surface area contributed by atoms with Gasteiger partial charge < -0.3 is 20.5 Å². The molecule has 19 heavy (non-hydrogen) atoms. The number of rotatable bonds is 4. The lowest BCUT2D eigenvalue weighted by atomic mass is 10.00. The summed E-state index contributed by atoms with van der Waals surface area (Å²) >= 11 is 0. The third-order valence-corrected chi connectivity index (χ3v) is 3.19. The first kappa shape index (κ1) is 13.8. The zero-order valence-electron chi connectivity index (χ0n) is 11.1. The minimum Gasteiger partial charge on any atom is -0.399 e. The second kappa shape index (κ2) is 6.54. The molecule has 0 saturated carbocycles. The number of nitrogen functional groups attached to an aromatic ring is 1. The molecular weight excluding hydrogens is 244 g/mol. The van der Waals surface area contributed by atoms with Crippen LogP contribution in [0.1, 0.15) is 18.4 Å². The van der Waals surface area contributed by atoms with E-state index in [1.807, 2.05) is 25.1 Å². The van der Waals surface area contributed by atoms with Crippen molar-refractivity contribution in [1.82, 2.24) is 5.32 Å². The number of hydrogen-bond donors (Lipinski definition) is 2. The predicted molar refractivity (Wildman–Crippen MR) is 72.8 cm³/mol. The molecule has 1 aromatic carbocycles. The normalized spacial score (nSPS) is 20.8.